The molecular weight excluding hydrogens is 268 g/mol. The number of hydrogen-bond acceptors (Lipinski definition) is 4. The van der Waals surface area contributed by atoms with Crippen LogP contribution in [0.3, 0.4) is 0 Å². The monoisotopic (exact) mass is 296 g/mol. The molecule has 0 bridgehead atoms. The molecule has 0 aliphatic carbocycles. The Morgan fingerprint density at radius 1 is 1.24 bits per heavy atom. The molecule has 0 radical (unpaired) electrons. The quantitative estimate of drug-likeness (QED) is 0.838. The van der Waals surface area contributed by atoms with Crippen LogP contribution < -0.4 is 22.3 Å². The minimum atomic E-state index is -0.362. The van der Waals surface area contributed by atoms with Crippen LogP contribution in [-0.2, 0) is 13.6 Å². The van der Waals surface area contributed by atoms with Crippen LogP contribution >= 0.6 is 0 Å². The summed E-state index contributed by atoms with van der Waals surface area (Å²) in [6.07, 6.45) is 2.72. The first-order valence-electron chi connectivity index (χ1n) is 7.52. The fourth-order valence-electron chi connectivity index (χ4n) is 2.04. The number of nitrogens with one attached hydrogen (secondary N) is 1. The van der Waals surface area contributed by atoms with E-state index >= 15 is 0 Å². The Morgan fingerprint density at radius 3 is 2.38 bits per heavy atom. The Bertz CT molecular complexity index is 593. The molecule has 21 heavy (non-hydrogen) atoms. The molecule has 120 valence electrons. The van der Waals surface area contributed by atoms with E-state index < -0.39 is 0 Å². The first kappa shape index (κ1) is 17.3. The van der Waals surface area contributed by atoms with Gasteiger partial charge in [0.2, 0.25) is 0 Å². The summed E-state index contributed by atoms with van der Waals surface area (Å²) in [7, 11) is 1.49. The van der Waals surface area contributed by atoms with Gasteiger partial charge in [-0.05, 0) is 18.3 Å². The maximum absolute atomic E-state index is 12.2. The highest BCUT2D eigenvalue weighted by molar-refractivity contribution is 5.60. The van der Waals surface area contributed by atoms with Crippen molar-refractivity contribution in [2.24, 2.45) is 12.5 Å². The van der Waals surface area contributed by atoms with Crippen molar-refractivity contribution in [3.63, 3.8) is 0 Å². The molecule has 6 nitrogen and oxygen atoms in total. The standard InChI is InChI=1S/C15H28N4O2/c1-6-7-10-19-12(16)11(13(20)18(5)14(19)21)17-9-8-15(2,3)4/h17H,6-10,16H2,1-5H3. The lowest BCUT2D eigenvalue weighted by atomic mass is 9.92. The van der Waals surface area contributed by atoms with Crippen LogP contribution in [0.2, 0.25) is 0 Å². The maximum atomic E-state index is 12.2. The first-order valence-corrected chi connectivity index (χ1v) is 7.52. The average molecular weight is 296 g/mol. The molecule has 0 saturated heterocycles. The number of hydrogen-bond donors (Lipinski definition) is 2. The van der Waals surface area contributed by atoms with Gasteiger partial charge in [0.05, 0.1) is 0 Å². The molecule has 0 spiro atoms. The van der Waals surface area contributed by atoms with Crippen molar-refractivity contribution in [1.29, 1.82) is 0 Å². The van der Waals surface area contributed by atoms with Crippen LogP contribution in [0, 0.1) is 5.41 Å². The summed E-state index contributed by atoms with van der Waals surface area (Å²) < 4.78 is 2.59. The number of aromatic nitrogens is 2. The molecule has 0 amide bonds. The van der Waals surface area contributed by atoms with Gasteiger partial charge in [-0.2, -0.15) is 0 Å². The normalized spacial score (nSPS) is 11.7. The average Bonchev–Trinajstić information content (AvgIpc) is 2.39. The smallest absolute Gasteiger partial charge is 0.332 e. The van der Waals surface area contributed by atoms with Crippen molar-refractivity contribution in [3.05, 3.63) is 20.8 Å². The van der Waals surface area contributed by atoms with Crippen LogP contribution in [0.15, 0.2) is 9.59 Å². The summed E-state index contributed by atoms with van der Waals surface area (Å²) in [6.45, 7) is 9.64. The Hall–Kier alpha value is -1.72. The largest absolute Gasteiger partial charge is 0.383 e. The molecule has 0 aliphatic rings. The molecule has 1 heterocycles. The lowest BCUT2D eigenvalue weighted by molar-refractivity contribution is 0.389. The van der Waals surface area contributed by atoms with Crippen molar-refractivity contribution >= 4 is 11.5 Å². The second kappa shape index (κ2) is 6.83. The fourth-order valence-corrected chi connectivity index (χ4v) is 2.04. The van der Waals surface area contributed by atoms with E-state index in [-0.39, 0.29) is 22.5 Å². The van der Waals surface area contributed by atoms with E-state index in [2.05, 4.69) is 26.1 Å². The highest BCUT2D eigenvalue weighted by Crippen LogP contribution is 2.19. The van der Waals surface area contributed by atoms with Crippen LogP contribution in [0.25, 0.3) is 0 Å². The van der Waals surface area contributed by atoms with Gasteiger partial charge in [0.25, 0.3) is 5.56 Å². The second-order valence-electron chi connectivity index (χ2n) is 6.65. The summed E-state index contributed by atoms with van der Waals surface area (Å²) in [5.74, 6) is 0.241. The molecule has 1 aromatic heterocycles. The predicted octanol–water partition coefficient (Wildman–Crippen LogP) is 1.78. The number of nitrogens with two attached hydrogens (primary N) is 1. The van der Waals surface area contributed by atoms with E-state index in [4.69, 9.17) is 5.73 Å². The maximum Gasteiger partial charge on any atom is 0.332 e. The third-order valence-corrected chi connectivity index (χ3v) is 3.50. The summed E-state index contributed by atoms with van der Waals surface area (Å²) >= 11 is 0. The fraction of sp³-hybridized carbons (Fsp3) is 0.733. The number of nitrogens with zero attached hydrogens (tertiary/aromatic N) is 2. The number of unbranched alkanes of at least 4 members (excludes halogenated alkanes) is 1. The zero-order chi connectivity index (χ0) is 16.2. The highest BCUT2D eigenvalue weighted by atomic mass is 16.2. The van der Waals surface area contributed by atoms with Crippen molar-refractivity contribution < 1.29 is 0 Å². The molecule has 1 rings (SSSR count). The van der Waals surface area contributed by atoms with Crippen molar-refractivity contribution in [2.45, 2.75) is 53.5 Å². The van der Waals surface area contributed by atoms with Crippen LogP contribution in [0.1, 0.15) is 47.0 Å². The molecule has 0 unspecified atom stereocenters. The van der Waals surface area contributed by atoms with Gasteiger partial charge in [-0.15, -0.1) is 0 Å². The summed E-state index contributed by atoms with van der Waals surface area (Å²) in [5, 5.41) is 3.10. The number of anilines is 2. The van der Waals surface area contributed by atoms with Gasteiger partial charge in [0.15, 0.2) is 0 Å². The van der Waals surface area contributed by atoms with Crippen LogP contribution in [0.4, 0.5) is 11.5 Å². The molecule has 0 atom stereocenters. The molecular formula is C15H28N4O2. The summed E-state index contributed by atoms with van der Waals surface area (Å²) in [4.78, 5) is 24.3. The Morgan fingerprint density at radius 2 is 1.86 bits per heavy atom. The molecule has 6 heteroatoms. The Balaban J connectivity index is 3.11. The van der Waals surface area contributed by atoms with Crippen molar-refractivity contribution in [2.75, 3.05) is 17.6 Å². The van der Waals surface area contributed by atoms with Gasteiger partial charge in [-0.25, -0.2) is 4.79 Å². The third-order valence-electron chi connectivity index (χ3n) is 3.50. The Labute approximate surface area is 126 Å². The molecule has 0 fully saturated rings. The van der Waals surface area contributed by atoms with Crippen molar-refractivity contribution in [3.8, 4) is 0 Å². The number of nitrogen functional groups attached to an aromatic ring is 1. The molecule has 0 aromatic carbocycles. The van der Waals surface area contributed by atoms with Gasteiger partial charge in [-0.3, -0.25) is 13.9 Å². The Kier molecular flexibility index (Phi) is 5.63. The van der Waals surface area contributed by atoms with E-state index in [1.807, 2.05) is 6.92 Å². The minimum absolute atomic E-state index is 0.170. The topological polar surface area (TPSA) is 82.0 Å². The van der Waals surface area contributed by atoms with E-state index in [0.717, 1.165) is 23.8 Å². The van der Waals surface area contributed by atoms with Gasteiger partial charge in [0.1, 0.15) is 11.5 Å². The third kappa shape index (κ3) is 4.37. The van der Waals surface area contributed by atoms with Crippen LogP contribution in [0.5, 0.6) is 0 Å². The predicted molar refractivity (Wildman–Crippen MR) is 87.8 cm³/mol. The van der Waals surface area contributed by atoms with Gasteiger partial charge >= 0.3 is 5.69 Å². The van der Waals surface area contributed by atoms with Crippen LogP contribution in [-0.4, -0.2) is 15.7 Å². The molecule has 1 aromatic rings. The molecule has 3 N–H and O–H groups in total. The summed E-state index contributed by atoms with van der Waals surface area (Å²) in [6, 6.07) is 0. The lowest BCUT2D eigenvalue weighted by Gasteiger charge is -2.20. The van der Waals surface area contributed by atoms with Gasteiger partial charge in [-0.1, -0.05) is 34.1 Å². The van der Waals surface area contributed by atoms with Crippen molar-refractivity contribution in [1.82, 2.24) is 9.13 Å². The second-order valence-corrected chi connectivity index (χ2v) is 6.65. The summed E-state index contributed by atoms with van der Waals surface area (Å²) in [5.41, 5.74) is 5.82. The SMILES string of the molecule is CCCCn1c(N)c(NCCC(C)(C)C)c(=O)n(C)c1=O. The minimum Gasteiger partial charge on any atom is -0.383 e. The van der Waals surface area contributed by atoms with Gasteiger partial charge < -0.3 is 11.1 Å². The highest BCUT2D eigenvalue weighted by Gasteiger charge is 2.16. The molecule has 0 aliphatic heterocycles. The number of rotatable bonds is 6. The van der Waals surface area contributed by atoms with E-state index in [1.54, 1.807) is 0 Å². The zero-order valence-corrected chi connectivity index (χ0v) is 13.8. The lowest BCUT2D eigenvalue weighted by Crippen LogP contribution is -2.41. The first-order chi connectivity index (χ1) is 9.69. The molecule has 0 saturated carbocycles. The van der Waals surface area contributed by atoms with E-state index in [0.29, 0.717) is 18.8 Å². The van der Waals surface area contributed by atoms with Gasteiger partial charge in [0, 0.05) is 20.1 Å². The van der Waals surface area contributed by atoms with E-state index in [9.17, 15) is 9.59 Å². The van der Waals surface area contributed by atoms with E-state index in [1.165, 1.54) is 11.6 Å². The zero-order valence-electron chi connectivity index (χ0n) is 13.8.